The Morgan fingerprint density at radius 1 is 1.21 bits per heavy atom. The highest BCUT2D eigenvalue weighted by Gasteiger charge is 2.56. The molecule has 0 unspecified atom stereocenters. The lowest BCUT2D eigenvalue weighted by atomic mass is 9.70. The van der Waals surface area contributed by atoms with E-state index >= 15 is 0 Å². The number of nitrogens with zero attached hydrogens (tertiary/aromatic N) is 1. The minimum Gasteiger partial charge on any atom is -0.494 e. The number of halogens is 1. The molecule has 2 saturated heterocycles. The number of methoxy groups -OCH3 is 1. The van der Waals surface area contributed by atoms with Gasteiger partial charge in [0, 0.05) is 17.5 Å². The summed E-state index contributed by atoms with van der Waals surface area (Å²) in [7, 11) is 1.42. The van der Waals surface area contributed by atoms with Crippen molar-refractivity contribution in [2.75, 3.05) is 13.7 Å². The molecule has 2 fully saturated rings. The third-order valence-corrected chi connectivity index (χ3v) is 6.42. The Balaban J connectivity index is 1.52. The first-order valence-electron chi connectivity index (χ1n) is 9.85. The molecule has 3 atom stereocenters. The van der Waals surface area contributed by atoms with Crippen LogP contribution in [0.2, 0.25) is 0 Å². The van der Waals surface area contributed by atoms with E-state index in [9.17, 15) is 14.3 Å². The van der Waals surface area contributed by atoms with Crippen molar-refractivity contribution in [3.8, 4) is 5.75 Å². The summed E-state index contributed by atoms with van der Waals surface area (Å²) < 4.78 is 18.9. The topological polar surface area (TPSA) is 49.8 Å². The summed E-state index contributed by atoms with van der Waals surface area (Å²) in [6, 6.07) is 15.0. The predicted octanol–water partition coefficient (Wildman–Crippen LogP) is 3.36. The van der Waals surface area contributed by atoms with Gasteiger partial charge < -0.3 is 14.7 Å². The Kier molecular flexibility index (Phi) is 5.11. The zero-order valence-corrected chi connectivity index (χ0v) is 16.1. The van der Waals surface area contributed by atoms with Crippen molar-refractivity contribution in [3.63, 3.8) is 0 Å². The molecule has 0 radical (unpaired) electrons. The number of rotatable bonds is 6. The van der Waals surface area contributed by atoms with Crippen molar-refractivity contribution >= 4 is 5.91 Å². The third kappa shape index (κ3) is 3.28. The minimum atomic E-state index is -0.453. The zero-order chi connectivity index (χ0) is 19.7. The summed E-state index contributed by atoms with van der Waals surface area (Å²) >= 11 is 0. The van der Waals surface area contributed by atoms with Crippen LogP contribution in [0.15, 0.2) is 48.5 Å². The Morgan fingerprint density at radius 3 is 2.68 bits per heavy atom. The summed E-state index contributed by atoms with van der Waals surface area (Å²) in [6.07, 6.45) is 3.66. The second kappa shape index (κ2) is 7.55. The second-order valence-electron chi connectivity index (χ2n) is 8.08. The van der Waals surface area contributed by atoms with Crippen molar-refractivity contribution in [3.05, 3.63) is 65.5 Å². The average molecular weight is 383 g/mol. The molecule has 0 saturated carbocycles. The van der Waals surface area contributed by atoms with E-state index in [0.29, 0.717) is 5.56 Å². The van der Waals surface area contributed by atoms with Gasteiger partial charge in [-0.3, -0.25) is 4.79 Å². The van der Waals surface area contributed by atoms with Crippen LogP contribution < -0.4 is 4.74 Å². The predicted molar refractivity (Wildman–Crippen MR) is 105 cm³/mol. The lowest BCUT2D eigenvalue weighted by molar-refractivity contribution is -0.132. The van der Waals surface area contributed by atoms with Gasteiger partial charge in [-0.25, -0.2) is 4.39 Å². The van der Waals surface area contributed by atoms with Crippen molar-refractivity contribution < 1.29 is 19.0 Å². The van der Waals surface area contributed by atoms with E-state index in [1.807, 2.05) is 23.1 Å². The lowest BCUT2D eigenvalue weighted by Gasteiger charge is -2.36. The van der Waals surface area contributed by atoms with E-state index in [0.717, 1.165) is 25.7 Å². The molecule has 1 amide bonds. The molecule has 0 aromatic heterocycles. The molecule has 2 heterocycles. The van der Waals surface area contributed by atoms with Crippen LogP contribution in [0.5, 0.6) is 5.75 Å². The highest BCUT2D eigenvalue weighted by molar-refractivity contribution is 5.80. The van der Waals surface area contributed by atoms with Gasteiger partial charge in [0.2, 0.25) is 5.91 Å². The molecule has 2 aliphatic heterocycles. The molecule has 2 aliphatic rings. The van der Waals surface area contributed by atoms with Crippen LogP contribution in [0.1, 0.15) is 30.4 Å². The van der Waals surface area contributed by atoms with E-state index in [-0.39, 0.29) is 42.2 Å². The Hall–Kier alpha value is -2.40. The van der Waals surface area contributed by atoms with Crippen LogP contribution in [0, 0.1) is 11.2 Å². The minimum absolute atomic E-state index is 0.0143. The van der Waals surface area contributed by atoms with E-state index in [4.69, 9.17) is 4.74 Å². The highest BCUT2D eigenvalue weighted by atomic mass is 19.1. The maximum absolute atomic E-state index is 14.0. The number of carbonyl (C=O) groups excluding carboxylic acids is 1. The van der Waals surface area contributed by atoms with E-state index in [1.54, 1.807) is 12.1 Å². The summed E-state index contributed by atoms with van der Waals surface area (Å²) in [6.45, 7) is 0.0734. The van der Waals surface area contributed by atoms with Gasteiger partial charge in [-0.15, -0.1) is 0 Å². The molecule has 2 bridgehead atoms. The molecule has 28 heavy (non-hydrogen) atoms. The SMILES string of the molecule is COc1ccc(CC(=O)N2[C@@H]3CC[C@H]2[C@](CO)(Cc2ccccc2)C3)cc1F. The summed E-state index contributed by atoms with van der Waals surface area (Å²) in [5.74, 6) is -0.258. The number of carbonyl (C=O) groups is 1. The van der Waals surface area contributed by atoms with Crippen molar-refractivity contribution in [2.24, 2.45) is 5.41 Å². The van der Waals surface area contributed by atoms with Crippen LogP contribution in [0.3, 0.4) is 0 Å². The molecule has 0 spiro atoms. The molecular weight excluding hydrogens is 357 g/mol. The van der Waals surface area contributed by atoms with Gasteiger partial charge in [0.1, 0.15) is 0 Å². The number of aliphatic hydroxyl groups excluding tert-OH is 1. The molecule has 4 rings (SSSR count). The summed E-state index contributed by atoms with van der Waals surface area (Å²) in [5.41, 5.74) is 1.55. The zero-order valence-electron chi connectivity index (χ0n) is 16.1. The Labute approximate surface area is 164 Å². The molecule has 1 N–H and O–H groups in total. The smallest absolute Gasteiger partial charge is 0.227 e. The van der Waals surface area contributed by atoms with Gasteiger partial charge in [0.25, 0.3) is 0 Å². The summed E-state index contributed by atoms with van der Waals surface area (Å²) in [5, 5.41) is 10.3. The van der Waals surface area contributed by atoms with Gasteiger partial charge in [-0.05, 0) is 48.9 Å². The van der Waals surface area contributed by atoms with Crippen LogP contribution in [0.25, 0.3) is 0 Å². The quantitative estimate of drug-likeness (QED) is 0.832. The maximum atomic E-state index is 14.0. The summed E-state index contributed by atoms with van der Waals surface area (Å²) in [4.78, 5) is 15.1. The number of aliphatic hydroxyl groups is 1. The first kappa shape index (κ1) is 18.9. The van der Waals surface area contributed by atoms with Crippen LogP contribution in [0.4, 0.5) is 4.39 Å². The number of benzene rings is 2. The van der Waals surface area contributed by atoms with Gasteiger partial charge in [-0.1, -0.05) is 36.4 Å². The van der Waals surface area contributed by atoms with Gasteiger partial charge in [0.05, 0.1) is 20.1 Å². The monoisotopic (exact) mass is 383 g/mol. The number of ether oxygens (including phenoxy) is 1. The largest absolute Gasteiger partial charge is 0.494 e. The number of hydrogen-bond donors (Lipinski definition) is 1. The maximum Gasteiger partial charge on any atom is 0.227 e. The molecular formula is C23H26FNO3. The molecule has 2 aromatic carbocycles. The Morgan fingerprint density at radius 2 is 2.00 bits per heavy atom. The molecule has 4 nitrogen and oxygen atoms in total. The molecule has 148 valence electrons. The second-order valence-corrected chi connectivity index (χ2v) is 8.08. The molecule has 2 aromatic rings. The van der Waals surface area contributed by atoms with Crippen LogP contribution in [-0.4, -0.2) is 41.7 Å². The van der Waals surface area contributed by atoms with E-state index in [1.165, 1.54) is 18.7 Å². The van der Waals surface area contributed by atoms with Crippen molar-refractivity contribution in [2.45, 2.75) is 44.2 Å². The fourth-order valence-electron chi connectivity index (χ4n) is 5.17. The normalized spacial score (nSPS) is 25.9. The van der Waals surface area contributed by atoms with Gasteiger partial charge >= 0.3 is 0 Å². The highest BCUT2D eigenvalue weighted by Crippen LogP contribution is 2.51. The number of hydrogen-bond acceptors (Lipinski definition) is 3. The van der Waals surface area contributed by atoms with Gasteiger partial charge in [0.15, 0.2) is 11.6 Å². The average Bonchev–Trinajstić information content (AvgIpc) is 3.25. The first-order chi connectivity index (χ1) is 13.6. The number of amides is 1. The van der Waals surface area contributed by atoms with Crippen molar-refractivity contribution in [1.29, 1.82) is 0 Å². The number of fused-ring (bicyclic) bond motifs is 2. The first-order valence-corrected chi connectivity index (χ1v) is 9.85. The van der Waals surface area contributed by atoms with Crippen molar-refractivity contribution in [1.82, 2.24) is 4.90 Å². The van der Waals surface area contributed by atoms with Crippen LogP contribution in [-0.2, 0) is 17.6 Å². The third-order valence-electron chi connectivity index (χ3n) is 6.42. The Bertz CT molecular complexity index is 856. The fraction of sp³-hybridized carbons (Fsp3) is 0.435. The molecule has 5 heteroatoms. The standard InChI is InChI=1S/C23H26FNO3/c1-28-20-9-7-17(11-19(20)24)12-22(27)25-18-8-10-21(25)23(14-18,15-26)13-16-5-3-2-4-6-16/h2-7,9,11,18,21,26H,8,10,12-15H2,1H3/t18-,21+,23-/m1/s1. The molecule has 0 aliphatic carbocycles. The lowest BCUT2D eigenvalue weighted by Crippen LogP contribution is -2.44. The van der Waals surface area contributed by atoms with E-state index in [2.05, 4.69) is 12.1 Å². The van der Waals surface area contributed by atoms with E-state index < -0.39 is 5.82 Å². The van der Waals surface area contributed by atoms with Crippen LogP contribution >= 0.6 is 0 Å². The fourth-order valence-corrected chi connectivity index (χ4v) is 5.17. The van der Waals surface area contributed by atoms with Gasteiger partial charge in [-0.2, -0.15) is 0 Å².